The summed E-state index contributed by atoms with van der Waals surface area (Å²) >= 11 is 0. The molecule has 0 aliphatic carbocycles. The van der Waals surface area contributed by atoms with Crippen molar-refractivity contribution in [1.82, 2.24) is 19.4 Å². The van der Waals surface area contributed by atoms with Gasteiger partial charge in [-0.05, 0) is 35.7 Å². The van der Waals surface area contributed by atoms with Crippen LogP contribution in [-0.4, -0.2) is 19.4 Å². The first kappa shape index (κ1) is 25.8. The zero-order valence-corrected chi connectivity index (χ0v) is 25.0. The third kappa shape index (κ3) is 3.88. The lowest BCUT2D eigenvalue weighted by Gasteiger charge is -2.21. The fraction of sp³-hybridized carbons (Fsp3) is 0. The zero-order valence-electron chi connectivity index (χ0n) is 24.1. The largest absolute Gasteiger partial charge is 0.307 e. The van der Waals surface area contributed by atoms with Gasteiger partial charge >= 0.3 is 0 Å². The standard InChI is InChI=1S/C39H25N4OP/c44-45(28-13-3-1-4-14-28,29-15-5-2-6-16-29)39-30-17-8-7-12-26(30)24-34(42-39)27-21-22-31-32-18-11-23-40-37(32)38-41-33-19-9-10-20-35(33)43(38)36(31)25-27/h1-25H. The van der Waals surface area contributed by atoms with Crippen molar-refractivity contribution in [2.24, 2.45) is 0 Å². The van der Waals surface area contributed by atoms with Crippen LogP contribution < -0.4 is 16.0 Å². The molecule has 0 saturated carbocycles. The van der Waals surface area contributed by atoms with Crippen LogP contribution in [-0.2, 0) is 4.57 Å². The molecule has 6 heteroatoms. The fourth-order valence-corrected chi connectivity index (χ4v) is 9.33. The fourth-order valence-electron chi connectivity index (χ4n) is 6.57. The molecule has 0 amide bonds. The Morgan fingerprint density at radius 2 is 1.24 bits per heavy atom. The maximum Gasteiger partial charge on any atom is 0.189 e. The molecule has 9 aromatic rings. The van der Waals surface area contributed by atoms with Gasteiger partial charge in [0.25, 0.3) is 0 Å². The van der Waals surface area contributed by atoms with Gasteiger partial charge in [-0.1, -0.05) is 115 Å². The van der Waals surface area contributed by atoms with E-state index >= 15 is 4.57 Å². The van der Waals surface area contributed by atoms with Crippen molar-refractivity contribution < 1.29 is 4.57 Å². The minimum absolute atomic E-state index is 0.592. The topological polar surface area (TPSA) is 60.2 Å². The summed E-state index contributed by atoms with van der Waals surface area (Å²) in [5.74, 6) is 0. The minimum atomic E-state index is -3.35. The Hall–Kier alpha value is -5.64. The van der Waals surface area contributed by atoms with Crippen LogP contribution in [0.15, 0.2) is 152 Å². The highest BCUT2D eigenvalue weighted by Gasteiger charge is 2.33. The van der Waals surface area contributed by atoms with Gasteiger partial charge in [0.2, 0.25) is 0 Å². The molecule has 0 atom stereocenters. The zero-order chi connectivity index (χ0) is 30.0. The number of hydrogen-bond donors (Lipinski definition) is 0. The molecule has 4 aromatic heterocycles. The number of para-hydroxylation sites is 2. The van der Waals surface area contributed by atoms with E-state index in [1.165, 1.54) is 0 Å². The van der Waals surface area contributed by atoms with E-state index in [0.29, 0.717) is 5.44 Å². The summed E-state index contributed by atoms with van der Waals surface area (Å²) in [4.78, 5) is 15.0. The first-order chi connectivity index (χ1) is 22.2. The SMILES string of the molecule is O=P(c1ccccc1)(c1ccccc1)c1nc(-c2ccc3c4cccnc4c4nc5ccccc5n4c3c2)cc2ccccc12. The molecule has 0 spiro atoms. The summed E-state index contributed by atoms with van der Waals surface area (Å²) < 4.78 is 17.8. The highest BCUT2D eigenvalue weighted by atomic mass is 31.2. The quantitative estimate of drug-likeness (QED) is 0.152. The predicted molar refractivity (Wildman–Crippen MR) is 186 cm³/mol. The number of aromatic nitrogens is 4. The van der Waals surface area contributed by atoms with Crippen molar-refractivity contribution in [2.45, 2.75) is 0 Å². The Morgan fingerprint density at radius 1 is 0.556 bits per heavy atom. The van der Waals surface area contributed by atoms with Crippen LogP contribution in [0, 0.1) is 0 Å². The van der Waals surface area contributed by atoms with Gasteiger partial charge in [0.05, 0.1) is 22.2 Å². The monoisotopic (exact) mass is 596 g/mol. The number of rotatable bonds is 4. The predicted octanol–water partition coefficient (Wildman–Crippen LogP) is 8.04. The van der Waals surface area contributed by atoms with Gasteiger partial charge in [-0.2, -0.15) is 0 Å². The Kier molecular flexibility index (Phi) is 5.71. The lowest BCUT2D eigenvalue weighted by atomic mass is 10.0. The van der Waals surface area contributed by atoms with Crippen molar-refractivity contribution in [3.8, 4) is 11.3 Å². The number of imidazole rings is 1. The number of benzene rings is 5. The van der Waals surface area contributed by atoms with Crippen LogP contribution in [0.1, 0.15) is 0 Å². The van der Waals surface area contributed by atoms with Crippen molar-refractivity contribution in [3.05, 3.63) is 152 Å². The van der Waals surface area contributed by atoms with Gasteiger partial charge < -0.3 is 4.57 Å². The molecule has 0 N–H and O–H groups in total. The van der Waals surface area contributed by atoms with E-state index in [-0.39, 0.29) is 0 Å². The average Bonchev–Trinajstić information content (AvgIpc) is 3.52. The number of pyridine rings is 3. The first-order valence-electron chi connectivity index (χ1n) is 14.9. The van der Waals surface area contributed by atoms with Crippen molar-refractivity contribution in [1.29, 1.82) is 0 Å². The van der Waals surface area contributed by atoms with Crippen LogP contribution in [0.2, 0.25) is 0 Å². The molecule has 212 valence electrons. The van der Waals surface area contributed by atoms with E-state index in [1.807, 2.05) is 109 Å². The van der Waals surface area contributed by atoms with E-state index in [1.54, 1.807) is 0 Å². The summed E-state index contributed by atoms with van der Waals surface area (Å²) in [6, 6.07) is 48.4. The van der Waals surface area contributed by atoms with Gasteiger partial charge in [-0.15, -0.1) is 0 Å². The Balaban J connectivity index is 1.37. The Morgan fingerprint density at radius 3 is 2.04 bits per heavy atom. The van der Waals surface area contributed by atoms with E-state index in [4.69, 9.17) is 15.0 Å². The molecule has 0 aliphatic heterocycles. The van der Waals surface area contributed by atoms with Crippen molar-refractivity contribution in [2.75, 3.05) is 0 Å². The summed E-state index contributed by atoms with van der Waals surface area (Å²) in [7, 11) is -3.35. The molecular formula is C39H25N4OP. The van der Waals surface area contributed by atoms with E-state index in [9.17, 15) is 0 Å². The van der Waals surface area contributed by atoms with Gasteiger partial charge in [-0.3, -0.25) is 9.38 Å². The summed E-state index contributed by atoms with van der Waals surface area (Å²) in [5.41, 5.74) is 6.93. The van der Waals surface area contributed by atoms with Crippen LogP contribution >= 0.6 is 7.14 Å². The number of fused-ring (bicyclic) bond motifs is 9. The molecule has 5 nitrogen and oxygen atoms in total. The second kappa shape index (κ2) is 9.95. The Labute approximate surface area is 258 Å². The maximum absolute atomic E-state index is 15.6. The second-order valence-electron chi connectivity index (χ2n) is 11.2. The Bertz CT molecular complexity index is 2590. The average molecular weight is 597 g/mol. The van der Waals surface area contributed by atoms with Crippen LogP contribution in [0.3, 0.4) is 0 Å². The normalized spacial score (nSPS) is 12.1. The molecule has 0 unspecified atom stereocenters. The van der Waals surface area contributed by atoms with Crippen molar-refractivity contribution in [3.63, 3.8) is 0 Å². The van der Waals surface area contributed by atoms with Gasteiger partial charge in [-0.25, -0.2) is 9.97 Å². The molecule has 4 heterocycles. The highest BCUT2D eigenvalue weighted by Crippen LogP contribution is 2.44. The van der Waals surface area contributed by atoms with E-state index < -0.39 is 7.14 Å². The lowest BCUT2D eigenvalue weighted by Crippen LogP contribution is -2.28. The van der Waals surface area contributed by atoms with E-state index in [2.05, 4.69) is 46.9 Å². The van der Waals surface area contributed by atoms with Gasteiger partial charge in [0.15, 0.2) is 12.8 Å². The van der Waals surface area contributed by atoms with E-state index in [0.717, 1.165) is 71.1 Å². The summed E-state index contributed by atoms with van der Waals surface area (Å²) in [6.07, 6.45) is 1.82. The molecule has 45 heavy (non-hydrogen) atoms. The highest BCUT2D eigenvalue weighted by molar-refractivity contribution is 7.85. The maximum atomic E-state index is 15.6. The van der Waals surface area contributed by atoms with Crippen LogP contribution in [0.25, 0.3) is 60.5 Å². The lowest BCUT2D eigenvalue weighted by molar-refractivity contribution is 0.592. The van der Waals surface area contributed by atoms with Crippen molar-refractivity contribution >= 4 is 72.4 Å². The molecule has 0 saturated heterocycles. The van der Waals surface area contributed by atoms with Crippen LogP contribution in [0.5, 0.6) is 0 Å². The molecular weight excluding hydrogens is 571 g/mol. The molecule has 0 fully saturated rings. The molecule has 0 radical (unpaired) electrons. The summed E-state index contributed by atoms with van der Waals surface area (Å²) in [6.45, 7) is 0. The molecule has 9 rings (SSSR count). The van der Waals surface area contributed by atoms with Gasteiger partial charge in [0, 0.05) is 38.5 Å². The molecule has 5 aromatic carbocycles. The second-order valence-corrected chi connectivity index (χ2v) is 13.9. The van der Waals surface area contributed by atoms with Crippen LogP contribution in [0.4, 0.5) is 0 Å². The number of nitrogens with zero attached hydrogens (tertiary/aromatic N) is 4. The summed E-state index contributed by atoms with van der Waals surface area (Å²) in [5, 5.41) is 5.53. The molecule has 0 aliphatic rings. The third-order valence-corrected chi connectivity index (χ3v) is 11.7. The first-order valence-corrected chi connectivity index (χ1v) is 16.6. The third-order valence-electron chi connectivity index (χ3n) is 8.66. The van der Waals surface area contributed by atoms with Gasteiger partial charge in [0.1, 0.15) is 11.0 Å². The molecule has 0 bridgehead atoms. The minimum Gasteiger partial charge on any atom is -0.307 e. The number of hydrogen-bond acceptors (Lipinski definition) is 4. The smallest absolute Gasteiger partial charge is 0.189 e.